The van der Waals surface area contributed by atoms with Gasteiger partial charge in [0.05, 0.1) is 0 Å². The zero-order valence-corrected chi connectivity index (χ0v) is 13.7. The maximum atomic E-state index is 13.2. The third kappa shape index (κ3) is 3.52. The minimum Gasteiger partial charge on any atom is -0.341 e. The van der Waals surface area contributed by atoms with Crippen LogP contribution in [-0.4, -0.2) is 41.9 Å². The Kier molecular flexibility index (Phi) is 5.14. The largest absolute Gasteiger partial charge is 0.341 e. The molecule has 3 heteroatoms. The molecule has 1 amide bonds. The molecule has 0 spiro atoms. The van der Waals surface area contributed by atoms with Gasteiger partial charge in [-0.3, -0.25) is 9.69 Å². The lowest BCUT2D eigenvalue weighted by Gasteiger charge is -2.32. The fourth-order valence-electron chi connectivity index (χ4n) is 3.80. The van der Waals surface area contributed by atoms with Gasteiger partial charge in [0.25, 0.3) is 0 Å². The standard InChI is InChI=1S/C19H28N2O/c1-16-8-7-14-21(15-11-16)19(22)18(20-12-5-6-13-20)17-9-3-2-4-10-17/h2-4,9-10,16,18H,5-8,11-15H2,1H3. The molecular weight excluding hydrogens is 272 g/mol. The molecule has 0 saturated carbocycles. The third-order valence-corrected chi connectivity index (χ3v) is 5.18. The number of carbonyl (C=O) groups is 1. The molecule has 2 fully saturated rings. The van der Waals surface area contributed by atoms with Gasteiger partial charge in [0, 0.05) is 13.1 Å². The van der Waals surface area contributed by atoms with E-state index in [0.29, 0.717) is 5.91 Å². The summed E-state index contributed by atoms with van der Waals surface area (Å²) in [6, 6.07) is 10.3. The molecule has 2 aliphatic heterocycles. The SMILES string of the molecule is CC1CCCN(C(=O)C(c2ccccc2)N2CCCC2)CC1. The topological polar surface area (TPSA) is 23.6 Å². The van der Waals surface area contributed by atoms with Crippen LogP contribution in [0.25, 0.3) is 0 Å². The van der Waals surface area contributed by atoms with Crippen LogP contribution in [0.2, 0.25) is 0 Å². The molecule has 2 heterocycles. The normalized spacial score (nSPS) is 25.0. The lowest BCUT2D eigenvalue weighted by Crippen LogP contribution is -2.42. The van der Waals surface area contributed by atoms with E-state index in [0.717, 1.165) is 50.5 Å². The van der Waals surface area contributed by atoms with Crippen molar-refractivity contribution < 1.29 is 4.79 Å². The van der Waals surface area contributed by atoms with E-state index in [-0.39, 0.29) is 6.04 Å². The Morgan fingerprint density at radius 2 is 1.73 bits per heavy atom. The zero-order chi connectivity index (χ0) is 15.4. The average Bonchev–Trinajstić information content (AvgIpc) is 2.97. The van der Waals surface area contributed by atoms with Crippen LogP contribution in [0.5, 0.6) is 0 Å². The molecule has 3 nitrogen and oxygen atoms in total. The monoisotopic (exact) mass is 300 g/mol. The first kappa shape index (κ1) is 15.5. The van der Waals surface area contributed by atoms with Crippen molar-refractivity contribution in [2.45, 2.75) is 45.1 Å². The first-order valence-corrected chi connectivity index (χ1v) is 8.83. The number of carbonyl (C=O) groups excluding carboxylic acids is 1. The third-order valence-electron chi connectivity index (χ3n) is 5.18. The van der Waals surface area contributed by atoms with Gasteiger partial charge in [-0.15, -0.1) is 0 Å². The molecular formula is C19H28N2O. The van der Waals surface area contributed by atoms with E-state index >= 15 is 0 Å². The van der Waals surface area contributed by atoms with Crippen LogP contribution in [0.4, 0.5) is 0 Å². The molecule has 0 aromatic heterocycles. The molecule has 0 bridgehead atoms. The zero-order valence-electron chi connectivity index (χ0n) is 13.7. The van der Waals surface area contributed by atoms with Crippen LogP contribution in [0, 0.1) is 5.92 Å². The summed E-state index contributed by atoms with van der Waals surface area (Å²) in [5.74, 6) is 1.07. The average molecular weight is 300 g/mol. The van der Waals surface area contributed by atoms with Crippen molar-refractivity contribution in [2.75, 3.05) is 26.2 Å². The highest BCUT2D eigenvalue weighted by atomic mass is 16.2. The van der Waals surface area contributed by atoms with E-state index in [1.54, 1.807) is 0 Å². The molecule has 0 radical (unpaired) electrons. The maximum absolute atomic E-state index is 13.2. The Balaban J connectivity index is 1.80. The minimum absolute atomic E-state index is 0.0721. The highest BCUT2D eigenvalue weighted by Crippen LogP contribution is 2.28. The summed E-state index contributed by atoms with van der Waals surface area (Å²) < 4.78 is 0. The number of hydrogen-bond acceptors (Lipinski definition) is 2. The van der Waals surface area contributed by atoms with Crippen molar-refractivity contribution in [3.63, 3.8) is 0 Å². The van der Waals surface area contributed by atoms with Crippen LogP contribution in [0.1, 0.15) is 50.6 Å². The van der Waals surface area contributed by atoms with Gasteiger partial charge in [-0.1, -0.05) is 37.3 Å². The first-order valence-electron chi connectivity index (χ1n) is 8.83. The van der Waals surface area contributed by atoms with Gasteiger partial charge >= 0.3 is 0 Å². The Morgan fingerprint density at radius 1 is 1.00 bits per heavy atom. The van der Waals surface area contributed by atoms with Crippen molar-refractivity contribution in [1.82, 2.24) is 9.80 Å². The van der Waals surface area contributed by atoms with Crippen molar-refractivity contribution >= 4 is 5.91 Å². The summed E-state index contributed by atoms with van der Waals surface area (Å²) in [4.78, 5) is 17.7. The molecule has 2 atom stereocenters. The second kappa shape index (κ2) is 7.28. The van der Waals surface area contributed by atoms with Gasteiger partial charge in [-0.2, -0.15) is 0 Å². The van der Waals surface area contributed by atoms with Gasteiger partial charge in [0.2, 0.25) is 5.91 Å². The van der Waals surface area contributed by atoms with Crippen LogP contribution in [-0.2, 0) is 4.79 Å². The quantitative estimate of drug-likeness (QED) is 0.853. The molecule has 120 valence electrons. The summed E-state index contributed by atoms with van der Waals surface area (Å²) >= 11 is 0. The van der Waals surface area contributed by atoms with E-state index in [4.69, 9.17) is 0 Å². The van der Waals surface area contributed by atoms with Crippen molar-refractivity contribution in [3.05, 3.63) is 35.9 Å². The molecule has 1 aromatic carbocycles. The molecule has 22 heavy (non-hydrogen) atoms. The highest BCUT2D eigenvalue weighted by Gasteiger charge is 2.33. The number of hydrogen-bond donors (Lipinski definition) is 0. The van der Waals surface area contributed by atoms with Crippen molar-refractivity contribution in [3.8, 4) is 0 Å². The molecule has 2 saturated heterocycles. The minimum atomic E-state index is -0.0721. The van der Waals surface area contributed by atoms with Gasteiger partial charge in [-0.05, 0) is 56.7 Å². The predicted octanol–water partition coefficient (Wildman–Crippen LogP) is 3.47. The molecule has 0 aliphatic carbocycles. The van der Waals surface area contributed by atoms with Crippen molar-refractivity contribution in [1.29, 1.82) is 0 Å². The number of nitrogens with zero attached hydrogens (tertiary/aromatic N) is 2. The Morgan fingerprint density at radius 3 is 2.45 bits per heavy atom. The van der Waals surface area contributed by atoms with E-state index in [1.807, 2.05) is 6.07 Å². The van der Waals surface area contributed by atoms with E-state index in [1.165, 1.54) is 19.3 Å². The number of rotatable bonds is 3. The Bertz CT molecular complexity index is 481. The predicted molar refractivity (Wildman–Crippen MR) is 89.6 cm³/mol. The summed E-state index contributed by atoms with van der Waals surface area (Å²) in [6.07, 6.45) is 5.98. The van der Waals surface area contributed by atoms with Gasteiger partial charge < -0.3 is 4.90 Å². The molecule has 0 N–H and O–H groups in total. The lowest BCUT2D eigenvalue weighted by molar-refractivity contribution is -0.137. The summed E-state index contributed by atoms with van der Waals surface area (Å²) in [5, 5.41) is 0. The fraction of sp³-hybridized carbons (Fsp3) is 0.632. The van der Waals surface area contributed by atoms with Crippen molar-refractivity contribution in [2.24, 2.45) is 5.92 Å². The van der Waals surface area contributed by atoms with E-state index in [2.05, 4.69) is 41.0 Å². The summed E-state index contributed by atoms with van der Waals surface area (Å²) in [7, 11) is 0. The maximum Gasteiger partial charge on any atom is 0.244 e. The molecule has 1 aromatic rings. The second-order valence-corrected chi connectivity index (χ2v) is 6.92. The van der Waals surface area contributed by atoms with E-state index < -0.39 is 0 Å². The summed E-state index contributed by atoms with van der Waals surface area (Å²) in [6.45, 7) is 6.27. The fourth-order valence-corrected chi connectivity index (χ4v) is 3.80. The lowest BCUT2D eigenvalue weighted by atomic mass is 10.0. The van der Waals surface area contributed by atoms with Gasteiger partial charge in [-0.25, -0.2) is 0 Å². The van der Waals surface area contributed by atoms with E-state index in [9.17, 15) is 4.79 Å². The Hall–Kier alpha value is -1.35. The van der Waals surface area contributed by atoms with Crippen LogP contribution in [0.15, 0.2) is 30.3 Å². The smallest absolute Gasteiger partial charge is 0.244 e. The number of benzene rings is 1. The number of amides is 1. The van der Waals surface area contributed by atoms with Gasteiger partial charge in [0.15, 0.2) is 0 Å². The van der Waals surface area contributed by atoms with Crippen LogP contribution in [0.3, 0.4) is 0 Å². The van der Waals surface area contributed by atoms with Crippen LogP contribution < -0.4 is 0 Å². The number of likely N-dealkylation sites (tertiary alicyclic amines) is 2. The summed E-state index contributed by atoms with van der Waals surface area (Å²) in [5.41, 5.74) is 1.16. The first-order chi connectivity index (χ1) is 10.8. The van der Waals surface area contributed by atoms with Gasteiger partial charge in [0.1, 0.15) is 6.04 Å². The molecule has 2 aliphatic rings. The Labute approximate surface area is 134 Å². The highest BCUT2D eigenvalue weighted by molar-refractivity contribution is 5.83. The van der Waals surface area contributed by atoms with Crippen LogP contribution >= 0.6 is 0 Å². The molecule has 2 unspecified atom stereocenters. The second-order valence-electron chi connectivity index (χ2n) is 6.92. The molecule has 3 rings (SSSR count).